The first kappa shape index (κ1) is 17.3. The van der Waals surface area contributed by atoms with Gasteiger partial charge >= 0.3 is 0 Å². The van der Waals surface area contributed by atoms with Crippen molar-refractivity contribution in [3.8, 4) is 11.5 Å². The molecule has 1 aromatic rings. The lowest BCUT2D eigenvalue weighted by Crippen LogP contribution is -2.41. The van der Waals surface area contributed by atoms with Gasteiger partial charge in [-0.05, 0) is 38.0 Å². The Balaban J connectivity index is 2.91. The number of amides is 1. The Morgan fingerprint density at radius 2 is 1.81 bits per heavy atom. The maximum absolute atomic E-state index is 12.2. The first-order valence-electron chi connectivity index (χ1n) is 7.34. The molecular weight excluding hydrogens is 270 g/mol. The van der Waals surface area contributed by atoms with Crippen LogP contribution in [0.2, 0.25) is 0 Å². The predicted molar refractivity (Wildman–Crippen MR) is 82.0 cm³/mol. The van der Waals surface area contributed by atoms with Gasteiger partial charge in [0.05, 0.1) is 25.9 Å². The third kappa shape index (κ3) is 4.93. The normalized spacial score (nSPS) is 12.1. The van der Waals surface area contributed by atoms with Crippen molar-refractivity contribution in [3.05, 3.63) is 23.8 Å². The third-order valence-corrected chi connectivity index (χ3v) is 3.12. The summed E-state index contributed by atoms with van der Waals surface area (Å²) in [5.74, 6) is 1.11. The second-order valence-corrected chi connectivity index (χ2v) is 5.03. The topological polar surface area (TPSA) is 67.8 Å². The minimum atomic E-state index is -0.264. The van der Waals surface area contributed by atoms with Gasteiger partial charge < -0.3 is 19.9 Å². The molecule has 0 fully saturated rings. The summed E-state index contributed by atoms with van der Waals surface area (Å²) in [4.78, 5) is 12.2. The second-order valence-electron chi connectivity index (χ2n) is 5.03. The molecular formula is C16H25NO4. The van der Waals surface area contributed by atoms with E-state index in [4.69, 9.17) is 9.47 Å². The molecule has 5 heteroatoms. The number of ether oxygens (including phenoxy) is 2. The number of benzene rings is 1. The number of hydrogen-bond acceptors (Lipinski definition) is 4. The molecule has 0 unspecified atom stereocenters. The van der Waals surface area contributed by atoms with Gasteiger partial charge in [0.2, 0.25) is 0 Å². The highest BCUT2D eigenvalue weighted by atomic mass is 16.5. The van der Waals surface area contributed by atoms with Gasteiger partial charge in [-0.15, -0.1) is 0 Å². The van der Waals surface area contributed by atoms with E-state index in [1.807, 2.05) is 27.7 Å². The highest BCUT2D eigenvalue weighted by Crippen LogP contribution is 2.28. The summed E-state index contributed by atoms with van der Waals surface area (Å²) in [6, 6.07) is 4.82. The first-order valence-corrected chi connectivity index (χ1v) is 7.34. The zero-order valence-corrected chi connectivity index (χ0v) is 13.2. The summed E-state index contributed by atoms with van der Waals surface area (Å²) in [5, 5.41) is 12.1. The van der Waals surface area contributed by atoms with Crippen LogP contribution in [-0.4, -0.2) is 36.9 Å². The lowest BCUT2D eigenvalue weighted by Gasteiger charge is -2.20. The van der Waals surface area contributed by atoms with Crippen molar-refractivity contribution in [2.24, 2.45) is 5.92 Å². The van der Waals surface area contributed by atoms with Crippen LogP contribution < -0.4 is 14.8 Å². The van der Waals surface area contributed by atoms with Crippen molar-refractivity contribution in [3.63, 3.8) is 0 Å². The highest BCUT2D eigenvalue weighted by Gasteiger charge is 2.17. The fraction of sp³-hybridized carbons (Fsp3) is 0.562. The molecule has 0 aromatic heterocycles. The largest absolute Gasteiger partial charge is 0.490 e. The van der Waals surface area contributed by atoms with Crippen LogP contribution in [0, 0.1) is 5.92 Å². The molecule has 0 radical (unpaired) electrons. The van der Waals surface area contributed by atoms with E-state index in [2.05, 4.69) is 5.32 Å². The quantitative estimate of drug-likeness (QED) is 0.772. The average Bonchev–Trinajstić information content (AvgIpc) is 2.46. The highest BCUT2D eigenvalue weighted by molar-refractivity contribution is 5.95. The van der Waals surface area contributed by atoms with E-state index in [9.17, 15) is 9.90 Å². The zero-order chi connectivity index (χ0) is 15.8. The molecule has 0 saturated carbocycles. The van der Waals surface area contributed by atoms with Crippen molar-refractivity contribution in [1.29, 1.82) is 0 Å². The number of nitrogens with one attached hydrogen (secondary N) is 1. The summed E-state index contributed by atoms with van der Waals surface area (Å²) in [5.41, 5.74) is 0.487. The molecule has 5 nitrogen and oxygen atoms in total. The van der Waals surface area contributed by atoms with Gasteiger partial charge in [-0.25, -0.2) is 0 Å². The average molecular weight is 295 g/mol. The van der Waals surface area contributed by atoms with Crippen LogP contribution in [0.1, 0.15) is 38.1 Å². The van der Waals surface area contributed by atoms with Gasteiger partial charge in [-0.3, -0.25) is 4.79 Å². The summed E-state index contributed by atoms with van der Waals surface area (Å²) < 4.78 is 11.0. The monoisotopic (exact) mass is 295 g/mol. The number of carbonyl (C=O) groups is 1. The molecule has 0 heterocycles. The van der Waals surface area contributed by atoms with Crippen molar-refractivity contribution in [2.75, 3.05) is 19.8 Å². The van der Waals surface area contributed by atoms with Crippen LogP contribution in [0.5, 0.6) is 11.5 Å². The molecule has 2 N–H and O–H groups in total. The molecule has 1 amide bonds. The van der Waals surface area contributed by atoms with Crippen molar-refractivity contribution < 1.29 is 19.4 Å². The van der Waals surface area contributed by atoms with Crippen LogP contribution in [0.15, 0.2) is 18.2 Å². The van der Waals surface area contributed by atoms with E-state index in [-0.39, 0.29) is 24.5 Å². The van der Waals surface area contributed by atoms with Crippen LogP contribution in [0.4, 0.5) is 0 Å². The van der Waals surface area contributed by atoms with Gasteiger partial charge in [0.1, 0.15) is 0 Å². The Hall–Kier alpha value is -1.75. The molecule has 0 aliphatic heterocycles. The van der Waals surface area contributed by atoms with Crippen LogP contribution in [-0.2, 0) is 0 Å². The molecule has 0 saturated heterocycles. The Morgan fingerprint density at radius 3 is 2.33 bits per heavy atom. The van der Waals surface area contributed by atoms with Gasteiger partial charge in [-0.1, -0.05) is 13.8 Å². The van der Waals surface area contributed by atoms with E-state index < -0.39 is 0 Å². The van der Waals surface area contributed by atoms with E-state index in [1.54, 1.807) is 18.2 Å². The smallest absolute Gasteiger partial charge is 0.251 e. The van der Waals surface area contributed by atoms with E-state index >= 15 is 0 Å². The van der Waals surface area contributed by atoms with Crippen molar-refractivity contribution in [1.82, 2.24) is 5.32 Å². The first-order chi connectivity index (χ1) is 10.0. The summed E-state index contributed by atoms with van der Waals surface area (Å²) in [6.07, 6.45) is 0. The van der Waals surface area contributed by atoms with Gasteiger partial charge in [0.25, 0.3) is 5.91 Å². The number of hydrogen-bond donors (Lipinski definition) is 2. The number of rotatable bonds is 8. The van der Waals surface area contributed by atoms with Crippen LogP contribution in [0.25, 0.3) is 0 Å². The van der Waals surface area contributed by atoms with E-state index in [1.165, 1.54) is 0 Å². The molecule has 1 atom stereocenters. The van der Waals surface area contributed by atoms with Crippen LogP contribution >= 0.6 is 0 Å². The molecule has 118 valence electrons. The molecule has 1 rings (SSSR count). The SMILES string of the molecule is CCOc1ccc(C(=O)N[C@H](CO)C(C)C)cc1OCC. The number of carbonyl (C=O) groups excluding carboxylic acids is 1. The number of aliphatic hydroxyl groups excluding tert-OH is 1. The van der Waals surface area contributed by atoms with Gasteiger partial charge in [-0.2, -0.15) is 0 Å². The molecule has 21 heavy (non-hydrogen) atoms. The Morgan fingerprint density at radius 1 is 1.19 bits per heavy atom. The minimum absolute atomic E-state index is 0.0846. The summed E-state index contributed by atoms with van der Waals surface area (Å²) >= 11 is 0. The Bertz CT molecular complexity index is 460. The Labute approximate surface area is 126 Å². The lowest BCUT2D eigenvalue weighted by molar-refractivity contribution is 0.0896. The van der Waals surface area contributed by atoms with Gasteiger partial charge in [0.15, 0.2) is 11.5 Å². The van der Waals surface area contributed by atoms with Crippen molar-refractivity contribution >= 4 is 5.91 Å². The maximum Gasteiger partial charge on any atom is 0.251 e. The predicted octanol–water partition coefficient (Wildman–Crippen LogP) is 2.23. The fourth-order valence-corrected chi connectivity index (χ4v) is 1.87. The fourth-order valence-electron chi connectivity index (χ4n) is 1.87. The molecule has 0 bridgehead atoms. The molecule has 0 spiro atoms. The zero-order valence-electron chi connectivity index (χ0n) is 13.2. The standard InChI is InChI=1S/C16H25NO4/c1-5-20-14-8-7-12(9-15(14)21-6-2)16(19)17-13(10-18)11(3)4/h7-9,11,13,18H,5-6,10H2,1-4H3,(H,17,19)/t13-/m1/s1. The van der Waals surface area contributed by atoms with Crippen molar-refractivity contribution in [2.45, 2.75) is 33.7 Å². The summed E-state index contributed by atoms with van der Waals surface area (Å²) in [6.45, 7) is 8.62. The summed E-state index contributed by atoms with van der Waals surface area (Å²) in [7, 11) is 0. The molecule has 1 aromatic carbocycles. The van der Waals surface area contributed by atoms with E-state index in [0.717, 1.165) is 0 Å². The molecule has 0 aliphatic rings. The molecule has 0 aliphatic carbocycles. The minimum Gasteiger partial charge on any atom is -0.490 e. The Kier molecular flexibility index (Phi) is 7.02. The van der Waals surface area contributed by atoms with E-state index in [0.29, 0.717) is 30.3 Å². The lowest BCUT2D eigenvalue weighted by atomic mass is 10.0. The third-order valence-electron chi connectivity index (χ3n) is 3.12. The second kappa shape index (κ2) is 8.52. The van der Waals surface area contributed by atoms with Gasteiger partial charge in [0, 0.05) is 5.56 Å². The number of aliphatic hydroxyl groups is 1. The maximum atomic E-state index is 12.2. The van der Waals surface area contributed by atoms with Crippen LogP contribution in [0.3, 0.4) is 0 Å².